The maximum atomic E-state index is 13.6. The Labute approximate surface area is 98.7 Å². The predicted octanol–water partition coefficient (Wildman–Crippen LogP) is 1.27. The summed E-state index contributed by atoms with van der Waals surface area (Å²) in [6.45, 7) is 0.141. The molecule has 1 aliphatic rings. The molecule has 3 nitrogen and oxygen atoms in total. The van der Waals surface area contributed by atoms with Gasteiger partial charge in [0.15, 0.2) is 0 Å². The average Bonchev–Trinajstić information content (AvgIpc) is 2.68. The fourth-order valence-electron chi connectivity index (χ4n) is 2.34. The molecule has 0 fully saturated rings. The smallest absolute Gasteiger partial charge is 0.328 e. The standard InChI is InChI=1S/C13H12FNO2/c1-2-8-15-13(12(16)17)7-6-9-10(13)4-3-5-11(9)14/h1,3-5,15H,6-8H2,(H,16,17). The number of hydrogen-bond donors (Lipinski definition) is 2. The van der Waals surface area contributed by atoms with Gasteiger partial charge in [0.25, 0.3) is 0 Å². The van der Waals surface area contributed by atoms with Gasteiger partial charge < -0.3 is 5.11 Å². The number of nitrogens with one attached hydrogen (secondary N) is 1. The van der Waals surface area contributed by atoms with E-state index in [0.29, 0.717) is 24.0 Å². The molecule has 0 aliphatic heterocycles. The molecule has 0 saturated carbocycles. The van der Waals surface area contributed by atoms with Crippen LogP contribution in [-0.2, 0) is 16.8 Å². The summed E-state index contributed by atoms with van der Waals surface area (Å²) in [6.07, 6.45) is 5.86. The van der Waals surface area contributed by atoms with Crippen LogP contribution in [0.3, 0.4) is 0 Å². The largest absolute Gasteiger partial charge is 0.480 e. The molecule has 0 saturated heterocycles. The summed E-state index contributed by atoms with van der Waals surface area (Å²) in [5.74, 6) is 0.981. The Kier molecular flexibility index (Phi) is 2.86. The number of carboxylic acid groups (broad SMARTS) is 1. The highest BCUT2D eigenvalue weighted by atomic mass is 19.1. The Balaban J connectivity index is 2.50. The molecule has 2 rings (SSSR count). The summed E-state index contributed by atoms with van der Waals surface area (Å²) in [6, 6.07) is 4.51. The zero-order chi connectivity index (χ0) is 12.5. The molecule has 17 heavy (non-hydrogen) atoms. The predicted molar refractivity (Wildman–Crippen MR) is 60.9 cm³/mol. The van der Waals surface area contributed by atoms with Gasteiger partial charge in [-0.15, -0.1) is 6.42 Å². The van der Waals surface area contributed by atoms with Gasteiger partial charge >= 0.3 is 5.97 Å². The van der Waals surface area contributed by atoms with Gasteiger partial charge in [0.1, 0.15) is 11.4 Å². The normalized spacial score (nSPS) is 21.9. The Morgan fingerprint density at radius 3 is 3.06 bits per heavy atom. The van der Waals surface area contributed by atoms with Gasteiger partial charge in [-0.3, -0.25) is 5.32 Å². The quantitative estimate of drug-likeness (QED) is 0.773. The van der Waals surface area contributed by atoms with Crippen LogP contribution in [0.25, 0.3) is 0 Å². The van der Waals surface area contributed by atoms with Gasteiger partial charge in [-0.2, -0.15) is 0 Å². The van der Waals surface area contributed by atoms with Crippen LogP contribution in [0.1, 0.15) is 17.5 Å². The molecule has 0 amide bonds. The van der Waals surface area contributed by atoms with E-state index >= 15 is 0 Å². The highest BCUT2D eigenvalue weighted by molar-refractivity contribution is 5.82. The van der Waals surface area contributed by atoms with Crippen molar-refractivity contribution in [2.75, 3.05) is 6.54 Å². The molecular weight excluding hydrogens is 221 g/mol. The van der Waals surface area contributed by atoms with Crippen molar-refractivity contribution in [3.63, 3.8) is 0 Å². The minimum absolute atomic E-state index is 0.141. The van der Waals surface area contributed by atoms with Crippen molar-refractivity contribution in [3.05, 3.63) is 35.1 Å². The van der Waals surface area contributed by atoms with Crippen molar-refractivity contribution < 1.29 is 14.3 Å². The number of rotatable bonds is 3. The molecule has 0 heterocycles. The van der Waals surface area contributed by atoms with Gasteiger partial charge in [0.05, 0.1) is 6.54 Å². The molecular formula is C13H12FNO2. The SMILES string of the molecule is C#CCNC1(C(=O)O)CCc2c(F)cccc21. The van der Waals surface area contributed by atoms with E-state index in [1.807, 2.05) is 0 Å². The van der Waals surface area contributed by atoms with Crippen LogP contribution in [-0.4, -0.2) is 17.6 Å². The summed E-state index contributed by atoms with van der Waals surface area (Å²) in [4.78, 5) is 11.4. The Morgan fingerprint density at radius 2 is 2.41 bits per heavy atom. The first kappa shape index (κ1) is 11.6. The fraction of sp³-hybridized carbons (Fsp3) is 0.308. The number of benzene rings is 1. The van der Waals surface area contributed by atoms with E-state index in [1.165, 1.54) is 12.1 Å². The lowest BCUT2D eigenvalue weighted by molar-refractivity contribution is -0.145. The van der Waals surface area contributed by atoms with Gasteiger partial charge in [-0.1, -0.05) is 18.1 Å². The second-order valence-corrected chi connectivity index (χ2v) is 4.03. The van der Waals surface area contributed by atoms with Crippen molar-refractivity contribution in [2.24, 2.45) is 0 Å². The van der Waals surface area contributed by atoms with Crippen molar-refractivity contribution in [3.8, 4) is 12.3 Å². The van der Waals surface area contributed by atoms with Crippen LogP contribution in [0, 0.1) is 18.2 Å². The number of terminal acetylenes is 1. The first-order chi connectivity index (χ1) is 8.12. The number of halogens is 1. The van der Waals surface area contributed by atoms with E-state index in [0.717, 1.165) is 0 Å². The molecule has 4 heteroatoms. The van der Waals surface area contributed by atoms with E-state index in [2.05, 4.69) is 11.2 Å². The van der Waals surface area contributed by atoms with E-state index < -0.39 is 11.5 Å². The second-order valence-electron chi connectivity index (χ2n) is 4.03. The van der Waals surface area contributed by atoms with E-state index in [4.69, 9.17) is 6.42 Å². The summed E-state index contributed by atoms with van der Waals surface area (Å²) in [5, 5.41) is 12.2. The third kappa shape index (κ3) is 1.69. The number of aliphatic carboxylic acids is 1. The summed E-state index contributed by atoms with van der Waals surface area (Å²) >= 11 is 0. The molecule has 0 spiro atoms. The third-order valence-electron chi connectivity index (χ3n) is 3.19. The first-order valence-corrected chi connectivity index (χ1v) is 5.31. The van der Waals surface area contributed by atoms with Gasteiger partial charge in [0.2, 0.25) is 0 Å². The Morgan fingerprint density at radius 1 is 1.65 bits per heavy atom. The number of carbonyl (C=O) groups is 1. The van der Waals surface area contributed by atoms with Crippen molar-refractivity contribution >= 4 is 5.97 Å². The lowest BCUT2D eigenvalue weighted by Crippen LogP contribution is -2.47. The van der Waals surface area contributed by atoms with E-state index in [9.17, 15) is 14.3 Å². The number of carboxylic acids is 1. The zero-order valence-electron chi connectivity index (χ0n) is 9.16. The Hall–Kier alpha value is -1.86. The molecule has 1 atom stereocenters. The average molecular weight is 233 g/mol. The van der Waals surface area contributed by atoms with E-state index in [-0.39, 0.29) is 12.4 Å². The molecule has 88 valence electrons. The fourth-order valence-corrected chi connectivity index (χ4v) is 2.34. The summed E-state index contributed by atoms with van der Waals surface area (Å²) in [7, 11) is 0. The third-order valence-corrected chi connectivity index (χ3v) is 3.19. The van der Waals surface area contributed by atoms with Crippen LogP contribution in [0.5, 0.6) is 0 Å². The summed E-state index contributed by atoms with van der Waals surface area (Å²) in [5.41, 5.74) is -0.288. The molecule has 1 aliphatic carbocycles. The second kappa shape index (κ2) is 4.19. The summed E-state index contributed by atoms with van der Waals surface area (Å²) < 4.78 is 13.6. The minimum Gasteiger partial charge on any atom is -0.480 e. The van der Waals surface area contributed by atoms with Crippen LogP contribution < -0.4 is 5.32 Å². The van der Waals surface area contributed by atoms with Crippen molar-refractivity contribution in [1.29, 1.82) is 0 Å². The number of hydrogen-bond acceptors (Lipinski definition) is 2. The molecule has 1 unspecified atom stereocenters. The zero-order valence-corrected chi connectivity index (χ0v) is 9.16. The lowest BCUT2D eigenvalue weighted by atomic mass is 9.91. The van der Waals surface area contributed by atoms with Crippen LogP contribution in [0.4, 0.5) is 4.39 Å². The van der Waals surface area contributed by atoms with Crippen molar-refractivity contribution in [1.82, 2.24) is 5.32 Å². The van der Waals surface area contributed by atoms with Gasteiger partial charge in [-0.05, 0) is 30.0 Å². The van der Waals surface area contributed by atoms with Crippen LogP contribution >= 0.6 is 0 Å². The van der Waals surface area contributed by atoms with Gasteiger partial charge in [0, 0.05) is 0 Å². The maximum Gasteiger partial charge on any atom is 0.328 e. The first-order valence-electron chi connectivity index (χ1n) is 5.31. The van der Waals surface area contributed by atoms with Crippen molar-refractivity contribution in [2.45, 2.75) is 18.4 Å². The molecule has 0 bridgehead atoms. The maximum absolute atomic E-state index is 13.6. The van der Waals surface area contributed by atoms with Crippen LogP contribution in [0.2, 0.25) is 0 Å². The van der Waals surface area contributed by atoms with Crippen LogP contribution in [0.15, 0.2) is 18.2 Å². The topological polar surface area (TPSA) is 49.3 Å². The molecule has 2 N–H and O–H groups in total. The molecule has 1 aromatic rings. The molecule has 1 aromatic carbocycles. The Bertz CT molecular complexity index is 507. The highest BCUT2D eigenvalue weighted by Crippen LogP contribution is 2.38. The van der Waals surface area contributed by atoms with Gasteiger partial charge in [-0.25, -0.2) is 9.18 Å². The molecule has 0 radical (unpaired) electrons. The lowest BCUT2D eigenvalue weighted by Gasteiger charge is -2.26. The van der Waals surface area contributed by atoms with E-state index in [1.54, 1.807) is 6.07 Å². The minimum atomic E-state index is -1.25. The monoisotopic (exact) mass is 233 g/mol. The number of fused-ring (bicyclic) bond motifs is 1. The highest BCUT2D eigenvalue weighted by Gasteiger charge is 2.45. The molecule has 0 aromatic heterocycles.